The molecule has 2 unspecified atom stereocenters. The van der Waals surface area contributed by atoms with Gasteiger partial charge in [-0.3, -0.25) is 9.59 Å². The number of quaternary nitrogens is 1. The molecule has 0 radical (unpaired) electrons. The van der Waals surface area contributed by atoms with E-state index in [4.69, 9.17) is 18.9 Å². The van der Waals surface area contributed by atoms with Crippen molar-refractivity contribution in [2.45, 2.75) is 206 Å². The van der Waals surface area contributed by atoms with Crippen molar-refractivity contribution in [3.8, 4) is 0 Å². The maximum Gasteiger partial charge on any atom is 0.361 e. The Kier molecular flexibility index (Phi) is 51.8. The maximum absolute atomic E-state index is 12.9. The molecule has 9 heteroatoms. The van der Waals surface area contributed by atoms with Gasteiger partial charge in [0.05, 0.1) is 34.4 Å². The highest BCUT2D eigenvalue weighted by molar-refractivity contribution is 5.71. The van der Waals surface area contributed by atoms with Gasteiger partial charge in [0.2, 0.25) is 0 Å². The van der Waals surface area contributed by atoms with Gasteiger partial charge in [-0.15, -0.1) is 0 Å². The third-order valence-corrected chi connectivity index (χ3v) is 11.6. The average Bonchev–Trinajstić information content (AvgIpc) is 3.38. The summed E-state index contributed by atoms with van der Waals surface area (Å²) >= 11 is 0. The molecule has 0 amide bonds. The number of allylic oxidation sites excluding steroid dienone is 24. The highest BCUT2D eigenvalue weighted by Gasteiger charge is 2.25. The summed E-state index contributed by atoms with van der Waals surface area (Å²) in [6, 6.07) is 0. The molecule has 0 bridgehead atoms. The summed E-state index contributed by atoms with van der Waals surface area (Å²) in [6.45, 7) is 4.58. The first kappa shape index (κ1) is 70.2. The van der Waals surface area contributed by atoms with Crippen molar-refractivity contribution in [1.29, 1.82) is 0 Å². The minimum atomic E-state index is -1.53. The number of carboxylic acid groups (broad SMARTS) is 1. The minimum absolute atomic E-state index is 0.172. The molecular formula is C66H106NO8+. The van der Waals surface area contributed by atoms with E-state index in [-0.39, 0.29) is 38.6 Å². The molecule has 0 rings (SSSR count). The first-order chi connectivity index (χ1) is 36.6. The molecule has 0 saturated carbocycles. The zero-order chi connectivity index (χ0) is 54.8. The lowest BCUT2D eigenvalue weighted by molar-refractivity contribution is -0.870. The Morgan fingerprint density at radius 3 is 1.07 bits per heavy atom. The Morgan fingerprint density at radius 2 is 0.720 bits per heavy atom. The van der Waals surface area contributed by atoms with Gasteiger partial charge in [0.1, 0.15) is 13.2 Å². The number of esters is 2. The molecule has 0 aromatic rings. The second-order valence-electron chi connectivity index (χ2n) is 19.8. The van der Waals surface area contributed by atoms with Gasteiger partial charge in [-0.1, -0.05) is 211 Å². The van der Waals surface area contributed by atoms with E-state index in [0.717, 1.165) is 135 Å². The molecular weight excluding hydrogens is 935 g/mol. The SMILES string of the molecule is CC/C=C\C/C=C\C/C=C\C/C=C\C/C=C\C/C=C\C/C=C\C/C=C\CCCCCCC(=O)OC(COC(=O)CCCCCCCCCC/C=C\C/C=C\C/C=C\C/C=C\CC)COC(OCC[N+](C)(C)C)C(=O)O. The molecule has 0 saturated heterocycles. The molecule has 0 aliphatic carbocycles. The van der Waals surface area contributed by atoms with Crippen LogP contribution in [0.25, 0.3) is 0 Å². The lowest BCUT2D eigenvalue weighted by Gasteiger charge is -2.25. The van der Waals surface area contributed by atoms with E-state index in [0.29, 0.717) is 17.4 Å². The van der Waals surface area contributed by atoms with E-state index < -0.39 is 24.3 Å². The van der Waals surface area contributed by atoms with Crippen molar-refractivity contribution in [2.75, 3.05) is 47.5 Å². The molecule has 0 spiro atoms. The van der Waals surface area contributed by atoms with Gasteiger partial charge in [0.15, 0.2) is 6.10 Å². The van der Waals surface area contributed by atoms with Crippen molar-refractivity contribution in [3.63, 3.8) is 0 Å². The van der Waals surface area contributed by atoms with E-state index in [1.165, 1.54) is 25.7 Å². The molecule has 9 nitrogen and oxygen atoms in total. The molecule has 0 aromatic carbocycles. The number of hydrogen-bond donors (Lipinski definition) is 1. The smallest absolute Gasteiger partial charge is 0.361 e. The Bertz CT molecular complexity index is 1730. The average molecular weight is 1040 g/mol. The van der Waals surface area contributed by atoms with Gasteiger partial charge in [-0.2, -0.15) is 0 Å². The zero-order valence-electron chi connectivity index (χ0n) is 47.9. The van der Waals surface area contributed by atoms with Crippen molar-refractivity contribution in [2.24, 2.45) is 0 Å². The number of likely N-dealkylation sites (N-methyl/N-ethyl adjacent to an activating group) is 1. The van der Waals surface area contributed by atoms with Crippen molar-refractivity contribution in [3.05, 3.63) is 146 Å². The quantitative estimate of drug-likeness (QED) is 0.0211. The summed E-state index contributed by atoms with van der Waals surface area (Å²) in [5.41, 5.74) is 0. The molecule has 422 valence electrons. The summed E-state index contributed by atoms with van der Waals surface area (Å²) in [5.74, 6) is -2.07. The summed E-state index contributed by atoms with van der Waals surface area (Å²) in [7, 11) is 5.94. The van der Waals surface area contributed by atoms with E-state index in [1.807, 2.05) is 21.1 Å². The second-order valence-corrected chi connectivity index (χ2v) is 19.8. The van der Waals surface area contributed by atoms with Crippen molar-refractivity contribution < 1.29 is 42.9 Å². The maximum atomic E-state index is 12.9. The van der Waals surface area contributed by atoms with Gasteiger partial charge in [-0.05, 0) is 116 Å². The van der Waals surface area contributed by atoms with Crippen LogP contribution >= 0.6 is 0 Å². The highest BCUT2D eigenvalue weighted by atomic mass is 16.7. The Morgan fingerprint density at radius 1 is 0.400 bits per heavy atom. The lowest BCUT2D eigenvalue weighted by atomic mass is 10.1. The number of aliphatic carboxylic acids is 1. The van der Waals surface area contributed by atoms with Gasteiger partial charge in [0.25, 0.3) is 6.29 Å². The number of carboxylic acids is 1. The third kappa shape index (κ3) is 56.7. The zero-order valence-corrected chi connectivity index (χ0v) is 47.9. The number of hydrogen-bond acceptors (Lipinski definition) is 7. The summed E-state index contributed by atoms with van der Waals surface area (Å²) in [4.78, 5) is 37.4. The fourth-order valence-electron chi connectivity index (χ4n) is 7.19. The van der Waals surface area contributed by atoms with Crippen LogP contribution in [0.5, 0.6) is 0 Å². The summed E-state index contributed by atoms with van der Waals surface area (Å²) in [5, 5.41) is 9.71. The highest BCUT2D eigenvalue weighted by Crippen LogP contribution is 2.13. The van der Waals surface area contributed by atoms with Gasteiger partial charge >= 0.3 is 17.9 Å². The number of nitrogens with zero attached hydrogens (tertiary/aromatic N) is 1. The van der Waals surface area contributed by atoms with Crippen LogP contribution in [-0.2, 0) is 33.3 Å². The molecule has 1 N–H and O–H groups in total. The predicted molar refractivity (Wildman–Crippen MR) is 317 cm³/mol. The Balaban J connectivity index is 4.38. The van der Waals surface area contributed by atoms with Crippen LogP contribution in [0.2, 0.25) is 0 Å². The largest absolute Gasteiger partial charge is 0.477 e. The predicted octanol–water partition coefficient (Wildman–Crippen LogP) is 17.2. The van der Waals surface area contributed by atoms with E-state index in [9.17, 15) is 19.5 Å². The third-order valence-electron chi connectivity index (χ3n) is 11.6. The van der Waals surface area contributed by atoms with Crippen LogP contribution in [0.4, 0.5) is 0 Å². The Labute approximate surface area is 458 Å². The minimum Gasteiger partial charge on any atom is -0.477 e. The van der Waals surface area contributed by atoms with Crippen molar-refractivity contribution in [1.82, 2.24) is 0 Å². The molecule has 0 aliphatic heterocycles. The summed E-state index contributed by atoms with van der Waals surface area (Å²) in [6.07, 6.45) is 77.7. The second kappa shape index (κ2) is 55.4. The molecule has 0 aliphatic rings. The van der Waals surface area contributed by atoms with Crippen LogP contribution in [0.15, 0.2) is 146 Å². The standard InChI is InChI=1S/C66H105NO8/c1-6-8-10-12-14-16-18-20-22-24-26-28-29-30-31-32-33-34-35-37-39-41-43-45-47-49-51-53-55-57-64(69)75-62(61-74-66(65(70)71)72-59-58-67(3,4)5)60-73-63(68)56-54-52-50-48-46-44-42-40-38-36-27-25-23-21-19-17-15-13-11-9-7-2/h8-11,14-17,20-23,26-28,30-31,33-34,36-37,39,43,45,62,66H,6-7,12-13,18-19,24-25,29,32,35,38,40-42,44,46-61H2,1-5H3/p+1/b10-8-,11-9-,16-14-,17-15-,22-20-,23-21-,28-26-,31-30-,34-33-,36-27-,39-37-,45-43-. The number of rotatable bonds is 51. The molecule has 2 atom stereocenters. The number of unbranched alkanes of at least 4 members (excludes halogenated alkanes) is 12. The Hall–Kier alpha value is -4.83. The first-order valence-corrected chi connectivity index (χ1v) is 29.0. The fourth-order valence-corrected chi connectivity index (χ4v) is 7.19. The molecule has 0 fully saturated rings. The number of carbonyl (C=O) groups is 3. The fraction of sp³-hybridized carbons (Fsp3) is 0.591. The molecule has 0 aromatic heterocycles. The topological polar surface area (TPSA) is 108 Å². The van der Waals surface area contributed by atoms with Gasteiger partial charge in [-0.25, -0.2) is 4.79 Å². The van der Waals surface area contributed by atoms with Crippen LogP contribution < -0.4 is 0 Å². The van der Waals surface area contributed by atoms with Gasteiger partial charge < -0.3 is 28.5 Å². The van der Waals surface area contributed by atoms with Crippen molar-refractivity contribution >= 4 is 17.9 Å². The monoisotopic (exact) mass is 1040 g/mol. The molecule has 75 heavy (non-hydrogen) atoms. The first-order valence-electron chi connectivity index (χ1n) is 29.0. The van der Waals surface area contributed by atoms with Gasteiger partial charge in [0, 0.05) is 12.8 Å². The van der Waals surface area contributed by atoms with Crippen LogP contribution in [-0.4, -0.2) is 87.4 Å². The number of ether oxygens (including phenoxy) is 4. The van der Waals surface area contributed by atoms with Crippen LogP contribution in [0, 0.1) is 0 Å². The summed E-state index contributed by atoms with van der Waals surface area (Å²) < 4.78 is 22.8. The lowest BCUT2D eigenvalue weighted by Crippen LogP contribution is -2.40. The van der Waals surface area contributed by atoms with E-state index >= 15 is 0 Å². The van der Waals surface area contributed by atoms with Crippen LogP contribution in [0.3, 0.4) is 0 Å². The molecule has 0 heterocycles. The van der Waals surface area contributed by atoms with E-state index in [2.05, 4.69) is 160 Å². The number of carbonyl (C=O) groups excluding carboxylic acids is 2. The van der Waals surface area contributed by atoms with Crippen LogP contribution in [0.1, 0.15) is 194 Å². The van der Waals surface area contributed by atoms with E-state index in [1.54, 1.807) is 0 Å². The normalized spacial score (nSPS) is 13.9.